The van der Waals surface area contributed by atoms with E-state index in [9.17, 15) is 0 Å². The number of rotatable bonds is 0. The van der Waals surface area contributed by atoms with Crippen LogP contribution in [0.15, 0.2) is 48.6 Å². The molecule has 0 bridgehead atoms. The lowest BCUT2D eigenvalue weighted by atomic mass is 10.2. The van der Waals surface area contributed by atoms with E-state index in [-0.39, 0.29) is 0 Å². The van der Waals surface area contributed by atoms with Crippen LogP contribution in [0.3, 0.4) is 0 Å². The summed E-state index contributed by atoms with van der Waals surface area (Å²) in [5.41, 5.74) is 0. The smallest absolute Gasteiger partial charge is 0.0164 e. The van der Waals surface area contributed by atoms with E-state index in [0.717, 1.165) is 25.7 Å². The Bertz CT molecular complexity index is 192. The minimum absolute atomic E-state index is 1.13. The maximum atomic E-state index is 2.21. The molecule has 0 atom stereocenters. The normalized spacial score (nSPS) is 28.9. The molecule has 0 N–H and O–H groups in total. The van der Waals surface area contributed by atoms with Crippen LogP contribution in [0.4, 0.5) is 0 Å². The van der Waals surface area contributed by atoms with E-state index in [1.807, 2.05) is 0 Å². The second-order valence-electron chi connectivity index (χ2n) is 3.06. The lowest BCUT2D eigenvalue weighted by Gasteiger charge is -1.87. The van der Waals surface area contributed by atoms with Crippen molar-refractivity contribution in [3.63, 3.8) is 0 Å². The zero-order chi connectivity index (χ0) is 9.19. The van der Waals surface area contributed by atoms with Crippen LogP contribution in [0.1, 0.15) is 25.7 Å². The van der Waals surface area contributed by atoms with Gasteiger partial charge in [0, 0.05) is 0 Å². The van der Waals surface area contributed by atoms with Gasteiger partial charge in [-0.2, -0.15) is 0 Å². The molecule has 0 heterocycles. The summed E-state index contributed by atoms with van der Waals surface area (Å²) in [4.78, 5) is 0. The average Bonchev–Trinajstić information content (AvgIpc) is 2.18. The molecular weight excluding hydrogens is 156 g/mol. The first kappa shape index (κ1) is 10.0. The van der Waals surface area contributed by atoms with E-state index in [2.05, 4.69) is 55.0 Å². The van der Waals surface area contributed by atoms with Crippen molar-refractivity contribution in [2.75, 3.05) is 0 Å². The fourth-order valence-electron chi connectivity index (χ4n) is 1.15. The Hall–Kier alpha value is -1.04. The third-order valence-corrected chi connectivity index (χ3v) is 1.88. The summed E-state index contributed by atoms with van der Waals surface area (Å²) >= 11 is 0. The first-order valence-corrected chi connectivity index (χ1v) is 4.97. The molecule has 0 amide bonds. The third-order valence-electron chi connectivity index (χ3n) is 1.88. The maximum absolute atomic E-state index is 2.21. The predicted octanol–water partition coefficient (Wildman–Crippen LogP) is 3.99. The second kappa shape index (κ2) is 7.60. The maximum Gasteiger partial charge on any atom is -0.0164 e. The Balaban J connectivity index is 2.38. The van der Waals surface area contributed by atoms with Crippen molar-refractivity contribution in [3.05, 3.63) is 55.0 Å². The largest absolute Gasteiger partial charge is 0.0845 e. The van der Waals surface area contributed by atoms with Gasteiger partial charge in [-0.15, -0.1) is 0 Å². The van der Waals surface area contributed by atoms with Gasteiger partial charge in [0.15, 0.2) is 0 Å². The van der Waals surface area contributed by atoms with E-state index < -0.39 is 0 Å². The van der Waals surface area contributed by atoms with Gasteiger partial charge in [0.1, 0.15) is 0 Å². The molecule has 0 heteroatoms. The summed E-state index contributed by atoms with van der Waals surface area (Å²) in [6.07, 6.45) is 24.0. The Morgan fingerprint density at radius 2 is 1.00 bits per heavy atom. The van der Waals surface area contributed by atoms with Gasteiger partial charge in [-0.05, 0) is 32.1 Å². The average molecular weight is 173 g/mol. The number of hydrogen-bond donors (Lipinski definition) is 0. The highest BCUT2D eigenvalue weighted by atomic mass is 13.9. The topological polar surface area (TPSA) is 0 Å². The van der Waals surface area contributed by atoms with Crippen LogP contribution < -0.4 is 0 Å². The fourth-order valence-corrected chi connectivity index (χ4v) is 1.15. The van der Waals surface area contributed by atoms with Crippen LogP contribution in [0.5, 0.6) is 0 Å². The zero-order valence-corrected chi connectivity index (χ0v) is 8.02. The molecule has 0 nitrogen and oxygen atoms in total. The van der Waals surface area contributed by atoms with Crippen molar-refractivity contribution < 1.29 is 0 Å². The van der Waals surface area contributed by atoms with Crippen molar-refractivity contribution in [1.82, 2.24) is 0 Å². The molecule has 1 aliphatic rings. The van der Waals surface area contributed by atoms with Crippen LogP contribution in [-0.2, 0) is 0 Å². The number of allylic oxidation sites excluding steroid dienone is 8. The molecule has 0 saturated carbocycles. The molecule has 1 aliphatic carbocycles. The molecule has 0 unspecified atom stereocenters. The molecule has 1 rings (SSSR count). The Morgan fingerprint density at radius 3 is 1.69 bits per heavy atom. The highest BCUT2D eigenvalue weighted by Crippen LogP contribution is 2.00. The molecule has 69 valence electrons. The van der Waals surface area contributed by atoms with Crippen molar-refractivity contribution in [3.8, 4) is 0 Å². The highest BCUT2D eigenvalue weighted by molar-refractivity contribution is 5.10. The molecule has 1 radical (unpaired) electrons. The molecule has 0 aromatic heterocycles. The van der Waals surface area contributed by atoms with Gasteiger partial charge < -0.3 is 0 Å². The molecule has 0 aromatic carbocycles. The Morgan fingerprint density at radius 1 is 0.462 bits per heavy atom. The van der Waals surface area contributed by atoms with E-state index in [0.29, 0.717) is 0 Å². The van der Waals surface area contributed by atoms with Gasteiger partial charge in [0.25, 0.3) is 0 Å². The van der Waals surface area contributed by atoms with Crippen molar-refractivity contribution in [1.29, 1.82) is 0 Å². The Kier molecular flexibility index (Phi) is 5.87. The molecule has 0 aliphatic heterocycles. The summed E-state index contributed by atoms with van der Waals surface area (Å²) in [6.45, 7) is 0. The van der Waals surface area contributed by atoms with Crippen LogP contribution in [-0.4, -0.2) is 0 Å². The molecule has 0 fully saturated rings. The van der Waals surface area contributed by atoms with E-state index in [4.69, 9.17) is 0 Å². The van der Waals surface area contributed by atoms with Crippen molar-refractivity contribution in [2.45, 2.75) is 25.7 Å². The van der Waals surface area contributed by atoms with Gasteiger partial charge >= 0.3 is 0 Å². The SMILES string of the molecule is [CH]1/C=C/C=C/CC/C=C/C=C\CC1. The summed E-state index contributed by atoms with van der Waals surface area (Å²) in [7, 11) is 0. The summed E-state index contributed by atoms with van der Waals surface area (Å²) < 4.78 is 0. The second-order valence-corrected chi connectivity index (χ2v) is 3.06. The molecule has 0 aromatic rings. The molecular formula is C13H17. The first-order chi connectivity index (χ1) is 6.50. The molecule has 13 heavy (non-hydrogen) atoms. The zero-order valence-electron chi connectivity index (χ0n) is 8.02. The summed E-state index contributed by atoms with van der Waals surface area (Å²) in [5.74, 6) is 0. The predicted molar refractivity (Wildman–Crippen MR) is 59.3 cm³/mol. The van der Waals surface area contributed by atoms with E-state index in [1.54, 1.807) is 0 Å². The van der Waals surface area contributed by atoms with Gasteiger partial charge in [-0.25, -0.2) is 0 Å². The fraction of sp³-hybridized carbons (Fsp3) is 0.308. The minimum Gasteiger partial charge on any atom is -0.0845 e. The first-order valence-electron chi connectivity index (χ1n) is 4.97. The summed E-state index contributed by atoms with van der Waals surface area (Å²) in [5, 5.41) is 0. The Labute approximate surface area is 81.4 Å². The van der Waals surface area contributed by atoms with Crippen LogP contribution in [0, 0.1) is 6.42 Å². The number of hydrogen-bond acceptors (Lipinski definition) is 0. The van der Waals surface area contributed by atoms with Gasteiger partial charge in [0.2, 0.25) is 0 Å². The quantitative estimate of drug-likeness (QED) is 0.519. The standard InChI is InChI=1S/C13H17/c1-2-4-6-8-10-12-13-11-9-7-5-3-1/h1-5,10-13H,6-9H2/b2-1+,5-3+,12-10-,13-11+. The lowest BCUT2D eigenvalue weighted by Crippen LogP contribution is -1.69. The summed E-state index contributed by atoms with van der Waals surface area (Å²) in [6, 6.07) is 0. The van der Waals surface area contributed by atoms with Gasteiger partial charge in [0.05, 0.1) is 0 Å². The third kappa shape index (κ3) is 6.15. The van der Waals surface area contributed by atoms with Crippen LogP contribution >= 0.6 is 0 Å². The molecule has 0 saturated heterocycles. The van der Waals surface area contributed by atoms with E-state index >= 15 is 0 Å². The van der Waals surface area contributed by atoms with Crippen molar-refractivity contribution in [2.24, 2.45) is 0 Å². The van der Waals surface area contributed by atoms with E-state index in [1.165, 1.54) is 0 Å². The van der Waals surface area contributed by atoms with Crippen LogP contribution in [0.2, 0.25) is 0 Å². The van der Waals surface area contributed by atoms with Crippen molar-refractivity contribution >= 4 is 0 Å². The lowest BCUT2D eigenvalue weighted by molar-refractivity contribution is 1.00. The monoisotopic (exact) mass is 173 g/mol. The van der Waals surface area contributed by atoms with Gasteiger partial charge in [-0.1, -0.05) is 48.6 Å². The minimum atomic E-state index is 1.13. The van der Waals surface area contributed by atoms with Crippen LogP contribution in [0.25, 0.3) is 0 Å². The highest BCUT2D eigenvalue weighted by Gasteiger charge is 1.81. The van der Waals surface area contributed by atoms with Gasteiger partial charge in [-0.3, -0.25) is 0 Å². The molecule has 0 spiro atoms.